The number of rotatable bonds is 2. The van der Waals surface area contributed by atoms with Gasteiger partial charge in [0.15, 0.2) is 0 Å². The smallest absolute Gasteiger partial charge is 0.134 e. The number of likely N-dealkylation sites (N-methyl/N-ethyl adjacent to an activating group) is 1. The van der Waals surface area contributed by atoms with E-state index in [9.17, 15) is 4.39 Å². The van der Waals surface area contributed by atoms with Crippen molar-refractivity contribution in [2.24, 2.45) is 4.99 Å². The summed E-state index contributed by atoms with van der Waals surface area (Å²) < 4.78 is 11.5. The predicted molar refractivity (Wildman–Crippen MR) is 70.7 cm³/mol. The van der Waals surface area contributed by atoms with Gasteiger partial charge < -0.3 is 10.2 Å². The van der Waals surface area contributed by atoms with E-state index >= 15 is 0 Å². The third-order valence-corrected chi connectivity index (χ3v) is 1.66. The van der Waals surface area contributed by atoms with E-state index in [0.717, 1.165) is 19.3 Å². The summed E-state index contributed by atoms with van der Waals surface area (Å²) in [4.78, 5) is 5.67. The predicted octanol–water partition coefficient (Wildman–Crippen LogP) is 2.23. The van der Waals surface area contributed by atoms with Crippen molar-refractivity contribution in [2.45, 2.75) is 13.8 Å². The van der Waals surface area contributed by atoms with Crippen LogP contribution in [0.3, 0.4) is 0 Å². The van der Waals surface area contributed by atoms with Crippen molar-refractivity contribution in [1.29, 1.82) is 0 Å². The number of allylic oxidation sites excluding steroid dienone is 1. The maximum absolute atomic E-state index is 11.5. The molecule has 1 N–H and O–H groups in total. The van der Waals surface area contributed by atoms with Gasteiger partial charge in [-0.25, -0.2) is 4.39 Å². The zero-order valence-electron chi connectivity index (χ0n) is 10.7. The van der Waals surface area contributed by atoms with Gasteiger partial charge in [0.05, 0.1) is 6.21 Å². The number of nitrogens with one attached hydrogen (secondary N) is 1. The molecule has 0 aromatic carbocycles. The quantitative estimate of drug-likeness (QED) is 0.735. The minimum absolute atomic E-state index is 0.556. The van der Waals surface area contributed by atoms with E-state index in [4.69, 9.17) is 0 Å². The number of hydrogen-bond donors (Lipinski definition) is 1. The molecule has 1 aliphatic heterocycles. The standard InChI is InChI=1S/C5H6FN.C5H12N2.C2H6/c1-3-7-4-5(2)6;1-7-4-2-6-3-5-7;1-2/h3-4H,1-2H2;6H,2-5H2,1H3;1-2H3. The normalized spacial score (nSPS) is 15.5. The van der Waals surface area contributed by atoms with Crippen LogP contribution in [0.4, 0.5) is 4.39 Å². The molecule has 0 unspecified atom stereocenters. The molecular weight excluding hydrogens is 205 g/mol. The molecule has 1 saturated heterocycles. The zero-order chi connectivity index (χ0) is 12.8. The molecule has 4 heteroatoms. The van der Waals surface area contributed by atoms with E-state index in [0.29, 0.717) is 0 Å². The highest BCUT2D eigenvalue weighted by Gasteiger charge is 2.01. The molecule has 94 valence electrons. The van der Waals surface area contributed by atoms with Gasteiger partial charge >= 0.3 is 0 Å². The van der Waals surface area contributed by atoms with Gasteiger partial charge in [-0.1, -0.05) is 27.0 Å². The molecule has 0 saturated carbocycles. The molecule has 0 aromatic rings. The minimum Gasteiger partial charge on any atom is -0.314 e. The molecule has 0 amide bonds. The first-order valence-corrected chi connectivity index (χ1v) is 5.54. The third kappa shape index (κ3) is 15.5. The number of halogens is 1. The van der Waals surface area contributed by atoms with Gasteiger partial charge in [-0.3, -0.25) is 4.99 Å². The van der Waals surface area contributed by atoms with Crippen molar-refractivity contribution in [3.8, 4) is 0 Å². The van der Waals surface area contributed by atoms with Crippen molar-refractivity contribution >= 4 is 6.21 Å². The third-order valence-electron chi connectivity index (χ3n) is 1.66. The maximum Gasteiger partial charge on any atom is 0.134 e. The second-order valence-electron chi connectivity index (χ2n) is 2.96. The van der Waals surface area contributed by atoms with Crippen LogP contribution in [0.15, 0.2) is 30.2 Å². The van der Waals surface area contributed by atoms with Crippen LogP contribution in [0.1, 0.15) is 13.8 Å². The summed E-state index contributed by atoms with van der Waals surface area (Å²) in [5.74, 6) is -0.556. The van der Waals surface area contributed by atoms with Gasteiger partial charge in [0, 0.05) is 32.4 Å². The summed E-state index contributed by atoms with van der Waals surface area (Å²) in [6.07, 6.45) is 2.23. The first-order chi connectivity index (χ1) is 7.66. The van der Waals surface area contributed by atoms with E-state index in [2.05, 4.69) is 35.4 Å². The summed E-state index contributed by atoms with van der Waals surface area (Å²) in [5, 5.41) is 3.27. The number of aliphatic imine (C=N–C) groups is 1. The van der Waals surface area contributed by atoms with Gasteiger partial charge in [0.2, 0.25) is 0 Å². The van der Waals surface area contributed by atoms with Crippen LogP contribution in [0.5, 0.6) is 0 Å². The average molecular weight is 229 g/mol. The Labute approximate surface area is 98.8 Å². The molecule has 3 nitrogen and oxygen atoms in total. The van der Waals surface area contributed by atoms with E-state index in [1.165, 1.54) is 19.3 Å². The monoisotopic (exact) mass is 229 g/mol. The highest BCUT2D eigenvalue weighted by Crippen LogP contribution is 1.83. The van der Waals surface area contributed by atoms with Crippen LogP contribution in [0, 0.1) is 0 Å². The Morgan fingerprint density at radius 1 is 1.38 bits per heavy atom. The molecule has 1 rings (SSSR count). The van der Waals surface area contributed by atoms with Gasteiger partial charge in [-0.2, -0.15) is 0 Å². The second-order valence-corrected chi connectivity index (χ2v) is 2.96. The lowest BCUT2D eigenvalue weighted by Gasteiger charge is -2.21. The van der Waals surface area contributed by atoms with Gasteiger partial charge in [-0.05, 0) is 7.05 Å². The zero-order valence-corrected chi connectivity index (χ0v) is 10.7. The second kappa shape index (κ2) is 14.0. The molecule has 16 heavy (non-hydrogen) atoms. The molecule has 0 spiro atoms. The molecule has 0 aliphatic carbocycles. The Morgan fingerprint density at radius 3 is 2.06 bits per heavy atom. The molecule has 1 heterocycles. The van der Waals surface area contributed by atoms with Gasteiger partial charge in [-0.15, -0.1) is 0 Å². The Balaban J connectivity index is 0. The lowest BCUT2D eigenvalue weighted by Crippen LogP contribution is -2.40. The van der Waals surface area contributed by atoms with Crippen molar-refractivity contribution in [2.75, 3.05) is 33.2 Å². The Hall–Kier alpha value is -1.00. The fourth-order valence-electron chi connectivity index (χ4n) is 0.910. The van der Waals surface area contributed by atoms with E-state index in [1.807, 2.05) is 13.8 Å². The summed E-state index contributed by atoms with van der Waals surface area (Å²) in [5.41, 5.74) is 0. The van der Waals surface area contributed by atoms with E-state index in [1.54, 1.807) is 0 Å². The first kappa shape index (κ1) is 17.4. The van der Waals surface area contributed by atoms with Crippen LogP contribution in [0.25, 0.3) is 0 Å². The fraction of sp³-hybridized carbons (Fsp3) is 0.583. The average Bonchev–Trinajstić information content (AvgIpc) is 2.31. The maximum atomic E-state index is 11.5. The largest absolute Gasteiger partial charge is 0.314 e. The summed E-state index contributed by atoms with van der Waals surface area (Å²) in [6.45, 7) is 14.9. The highest BCUT2D eigenvalue weighted by molar-refractivity contribution is 5.74. The van der Waals surface area contributed by atoms with Crippen LogP contribution in [-0.2, 0) is 0 Å². The molecule has 1 fully saturated rings. The summed E-state index contributed by atoms with van der Waals surface area (Å²) in [6, 6.07) is 0. The topological polar surface area (TPSA) is 27.6 Å². The van der Waals surface area contributed by atoms with Crippen LogP contribution in [0.2, 0.25) is 0 Å². The summed E-state index contributed by atoms with van der Waals surface area (Å²) >= 11 is 0. The Morgan fingerprint density at radius 2 is 1.88 bits per heavy atom. The van der Waals surface area contributed by atoms with Gasteiger partial charge in [0.1, 0.15) is 5.83 Å². The van der Waals surface area contributed by atoms with Crippen LogP contribution >= 0.6 is 0 Å². The van der Waals surface area contributed by atoms with Gasteiger partial charge in [0.25, 0.3) is 0 Å². The van der Waals surface area contributed by atoms with Crippen molar-refractivity contribution < 1.29 is 4.39 Å². The van der Waals surface area contributed by atoms with Crippen molar-refractivity contribution in [3.63, 3.8) is 0 Å². The van der Waals surface area contributed by atoms with Crippen molar-refractivity contribution in [3.05, 3.63) is 25.2 Å². The molecule has 0 bridgehead atoms. The minimum atomic E-state index is -0.556. The Bertz CT molecular complexity index is 196. The summed E-state index contributed by atoms with van der Waals surface area (Å²) in [7, 11) is 2.15. The Kier molecular flexibility index (Phi) is 15.2. The van der Waals surface area contributed by atoms with Crippen LogP contribution < -0.4 is 5.32 Å². The highest BCUT2D eigenvalue weighted by atomic mass is 19.1. The molecule has 0 radical (unpaired) electrons. The molecular formula is C12H24FN3. The van der Waals surface area contributed by atoms with E-state index in [-0.39, 0.29) is 0 Å². The molecule has 1 aliphatic rings. The molecule has 0 aromatic heterocycles. The lowest BCUT2D eigenvalue weighted by molar-refractivity contribution is 0.291. The number of nitrogens with zero attached hydrogens (tertiary/aromatic N) is 2. The SMILES string of the molecule is C=CN=CC(=C)F.CC.CN1CCNCC1. The number of piperazine rings is 1. The molecule has 0 atom stereocenters. The number of hydrogen-bond acceptors (Lipinski definition) is 3. The lowest BCUT2D eigenvalue weighted by atomic mass is 10.4. The first-order valence-electron chi connectivity index (χ1n) is 5.54. The van der Waals surface area contributed by atoms with Crippen molar-refractivity contribution in [1.82, 2.24) is 10.2 Å². The van der Waals surface area contributed by atoms with Crippen LogP contribution in [-0.4, -0.2) is 44.3 Å². The van der Waals surface area contributed by atoms with E-state index < -0.39 is 5.83 Å². The fourth-order valence-corrected chi connectivity index (χ4v) is 0.910.